The third kappa shape index (κ3) is 6.12. The summed E-state index contributed by atoms with van der Waals surface area (Å²) in [7, 11) is -3.85. The van der Waals surface area contributed by atoms with Crippen LogP contribution in [0, 0.1) is 11.8 Å². The summed E-state index contributed by atoms with van der Waals surface area (Å²) in [6.45, 7) is 0.727. The Morgan fingerprint density at radius 1 is 0.829 bits per heavy atom. The van der Waals surface area contributed by atoms with Crippen LogP contribution in [0.4, 0.5) is 0 Å². The van der Waals surface area contributed by atoms with Crippen molar-refractivity contribution < 1.29 is 18.0 Å². The molecule has 2 aromatic carbocycles. The summed E-state index contributed by atoms with van der Waals surface area (Å²) in [5.41, 5.74) is 3.07. The normalized spacial score (nSPS) is 17.6. The van der Waals surface area contributed by atoms with Crippen LogP contribution >= 0.6 is 0 Å². The number of primary sulfonamides is 1. The third-order valence-electron chi connectivity index (χ3n) is 6.33. The van der Waals surface area contributed by atoms with E-state index in [-0.39, 0.29) is 28.5 Å². The maximum absolute atomic E-state index is 12.9. The Morgan fingerprint density at radius 2 is 1.37 bits per heavy atom. The van der Waals surface area contributed by atoms with Gasteiger partial charge in [0.05, 0.1) is 4.90 Å². The number of hydrogen-bond acceptors (Lipinski definition) is 5. The van der Waals surface area contributed by atoms with E-state index in [2.05, 4.69) is 15.6 Å². The van der Waals surface area contributed by atoms with Crippen LogP contribution in [0.25, 0.3) is 11.1 Å². The highest BCUT2D eigenvalue weighted by Gasteiger charge is 2.37. The van der Waals surface area contributed by atoms with Crippen LogP contribution < -0.4 is 15.8 Å². The van der Waals surface area contributed by atoms with Gasteiger partial charge in [0.25, 0.3) is 0 Å². The molecule has 1 saturated carbocycles. The minimum absolute atomic E-state index is 0.0653. The highest BCUT2D eigenvalue weighted by atomic mass is 32.2. The monoisotopic (exact) mass is 492 g/mol. The second-order valence-electron chi connectivity index (χ2n) is 8.67. The topological polar surface area (TPSA) is 131 Å². The number of benzene rings is 2. The first-order valence-corrected chi connectivity index (χ1v) is 13.0. The summed E-state index contributed by atoms with van der Waals surface area (Å²) < 4.78 is 23.8. The lowest BCUT2D eigenvalue weighted by Gasteiger charge is -2.19. The molecule has 0 bridgehead atoms. The molecule has 1 aliphatic rings. The predicted octanol–water partition coefficient (Wildman–Crippen LogP) is 2.74. The molecular formula is C26H28N4O4S. The van der Waals surface area contributed by atoms with E-state index in [9.17, 15) is 18.0 Å². The van der Waals surface area contributed by atoms with E-state index in [0.717, 1.165) is 17.5 Å². The number of sulfonamides is 1. The van der Waals surface area contributed by atoms with Crippen molar-refractivity contribution in [1.29, 1.82) is 0 Å². The van der Waals surface area contributed by atoms with E-state index < -0.39 is 10.0 Å². The number of nitrogens with two attached hydrogens (primary N) is 1. The van der Waals surface area contributed by atoms with Gasteiger partial charge < -0.3 is 10.6 Å². The molecular weight excluding hydrogens is 464 g/mol. The summed E-state index contributed by atoms with van der Waals surface area (Å²) in [4.78, 5) is 29.6. The maximum atomic E-state index is 12.9. The fraction of sp³-hybridized carbons (Fsp3) is 0.269. The molecule has 2 amide bonds. The van der Waals surface area contributed by atoms with Gasteiger partial charge in [0, 0.05) is 42.9 Å². The highest BCUT2D eigenvalue weighted by molar-refractivity contribution is 7.89. The molecule has 4 rings (SSSR count). The first-order valence-electron chi connectivity index (χ1n) is 11.5. The van der Waals surface area contributed by atoms with Crippen molar-refractivity contribution in [2.45, 2.75) is 37.2 Å². The molecule has 1 fully saturated rings. The Morgan fingerprint density at radius 3 is 1.94 bits per heavy atom. The number of nitrogens with one attached hydrogen (secondary N) is 2. The van der Waals surface area contributed by atoms with Crippen molar-refractivity contribution in [2.24, 2.45) is 17.0 Å². The van der Waals surface area contributed by atoms with Gasteiger partial charge in [0.2, 0.25) is 21.8 Å². The van der Waals surface area contributed by atoms with Crippen LogP contribution in [0.3, 0.4) is 0 Å². The Kier molecular flexibility index (Phi) is 7.57. The van der Waals surface area contributed by atoms with E-state index in [4.69, 9.17) is 5.14 Å². The van der Waals surface area contributed by atoms with Gasteiger partial charge in [-0.2, -0.15) is 0 Å². The van der Waals surface area contributed by atoms with Gasteiger partial charge in [-0.25, -0.2) is 13.6 Å². The average Bonchev–Trinajstić information content (AvgIpc) is 3.37. The molecule has 3 aromatic rings. The second kappa shape index (κ2) is 10.8. The lowest BCUT2D eigenvalue weighted by molar-refractivity contribution is -0.133. The van der Waals surface area contributed by atoms with E-state index in [1.807, 2.05) is 24.3 Å². The SMILES string of the molecule is NS(=O)(=O)c1ccccc1-c1ccc(CNC(=O)C2CCCC2C(=O)NCc2ccncc2)cc1. The van der Waals surface area contributed by atoms with Crippen LogP contribution in [-0.2, 0) is 32.7 Å². The number of hydrogen-bond donors (Lipinski definition) is 3. The minimum Gasteiger partial charge on any atom is -0.352 e. The fourth-order valence-electron chi connectivity index (χ4n) is 4.48. The molecule has 2 unspecified atom stereocenters. The maximum Gasteiger partial charge on any atom is 0.238 e. The molecule has 8 nitrogen and oxygen atoms in total. The van der Waals surface area contributed by atoms with Crippen molar-refractivity contribution in [1.82, 2.24) is 15.6 Å². The number of amides is 2. The standard InChI is InChI=1S/C26H28N4O4S/c27-35(33,34)24-7-2-1-4-21(24)20-10-8-18(9-11-20)16-29-25(31)22-5-3-6-23(22)26(32)30-17-19-12-14-28-15-13-19/h1-2,4,7-15,22-23H,3,5-6,16-17H2,(H,29,31)(H,30,32)(H2,27,33,34). The predicted molar refractivity (Wildman–Crippen MR) is 132 cm³/mol. The first-order chi connectivity index (χ1) is 16.8. The lowest BCUT2D eigenvalue weighted by atomic mass is 9.94. The van der Waals surface area contributed by atoms with Crippen molar-refractivity contribution >= 4 is 21.8 Å². The third-order valence-corrected chi connectivity index (χ3v) is 7.30. The summed E-state index contributed by atoms with van der Waals surface area (Å²) in [6.07, 6.45) is 5.57. The highest BCUT2D eigenvalue weighted by Crippen LogP contribution is 2.32. The molecule has 0 saturated heterocycles. The van der Waals surface area contributed by atoms with Crippen LogP contribution in [0.1, 0.15) is 30.4 Å². The first kappa shape index (κ1) is 24.6. The molecule has 1 aromatic heterocycles. The number of pyridine rings is 1. The Bertz CT molecular complexity index is 1290. The summed E-state index contributed by atoms with van der Waals surface area (Å²) >= 11 is 0. The second-order valence-corrected chi connectivity index (χ2v) is 10.2. The molecule has 182 valence electrons. The van der Waals surface area contributed by atoms with Crippen molar-refractivity contribution in [3.05, 3.63) is 84.2 Å². The van der Waals surface area contributed by atoms with Crippen LogP contribution in [0.2, 0.25) is 0 Å². The Balaban J connectivity index is 1.35. The molecule has 0 aliphatic heterocycles. The van der Waals surface area contributed by atoms with Crippen molar-refractivity contribution in [3.8, 4) is 11.1 Å². The molecule has 35 heavy (non-hydrogen) atoms. The number of carbonyl (C=O) groups is 2. The minimum atomic E-state index is -3.85. The zero-order valence-corrected chi connectivity index (χ0v) is 20.0. The number of nitrogens with zero attached hydrogens (tertiary/aromatic N) is 1. The average molecular weight is 493 g/mol. The number of carbonyl (C=O) groups excluding carboxylic acids is 2. The van der Waals surface area contributed by atoms with Crippen molar-refractivity contribution in [2.75, 3.05) is 0 Å². The van der Waals surface area contributed by atoms with E-state index in [0.29, 0.717) is 37.1 Å². The van der Waals surface area contributed by atoms with Gasteiger partial charge in [0.1, 0.15) is 0 Å². The van der Waals surface area contributed by atoms with Gasteiger partial charge in [-0.1, -0.05) is 48.9 Å². The summed E-state index contributed by atoms with van der Waals surface area (Å²) in [5.74, 6) is -0.921. The van der Waals surface area contributed by atoms with Crippen molar-refractivity contribution in [3.63, 3.8) is 0 Å². The zero-order valence-electron chi connectivity index (χ0n) is 19.2. The van der Waals surface area contributed by atoms with E-state index in [1.54, 1.807) is 42.7 Å². The quantitative estimate of drug-likeness (QED) is 0.445. The Labute approximate surface area is 205 Å². The summed E-state index contributed by atoms with van der Waals surface area (Å²) in [6, 6.07) is 17.5. The smallest absolute Gasteiger partial charge is 0.238 e. The molecule has 4 N–H and O–H groups in total. The van der Waals surface area contributed by atoms with Gasteiger partial charge in [-0.05, 0) is 47.7 Å². The number of aromatic nitrogens is 1. The molecule has 0 spiro atoms. The summed E-state index contributed by atoms with van der Waals surface area (Å²) in [5, 5.41) is 11.2. The van der Waals surface area contributed by atoms with Gasteiger partial charge >= 0.3 is 0 Å². The van der Waals surface area contributed by atoms with Crippen LogP contribution in [0.5, 0.6) is 0 Å². The van der Waals surface area contributed by atoms with E-state index in [1.165, 1.54) is 6.07 Å². The number of rotatable bonds is 8. The van der Waals surface area contributed by atoms with Gasteiger partial charge in [-0.15, -0.1) is 0 Å². The van der Waals surface area contributed by atoms with Gasteiger partial charge in [-0.3, -0.25) is 14.6 Å². The molecule has 1 heterocycles. The molecule has 1 aliphatic carbocycles. The van der Waals surface area contributed by atoms with E-state index >= 15 is 0 Å². The lowest BCUT2D eigenvalue weighted by Crippen LogP contribution is -2.39. The molecule has 0 radical (unpaired) electrons. The van der Waals surface area contributed by atoms with Crippen LogP contribution in [0.15, 0.2) is 78.0 Å². The van der Waals surface area contributed by atoms with Crippen LogP contribution in [-0.4, -0.2) is 25.2 Å². The zero-order chi connectivity index (χ0) is 24.8. The van der Waals surface area contributed by atoms with Gasteiger partial charge in [0.15, 0.2) is 0 Å². The molecule has 9 heteroatoms. The molecule has 2 atom stereocenters. The Hall–Kier alpha value is -3.56. The largest absolute Gasteiger partial charge is 0.352 e. The fourth-order valence-corrected chi connectivity index (χ4v) is 5.24.